The zero-order chi connectivity index (χ0) is 14.9. The summed E-state index contributed by atoms with van der Waals surface area (Å²) in [5, 5.41) is 7.18. The standard InChI is InChI=1S/C18H16N2O2/c21-18(17-10-13-3-1-2-4-16(13)22-17)20-15-6-5-12-7-8-19-11-14(12)9-15/h1-6,9-10,19H,7-8,11H2,(H,20,21). The minimum absolute atomic E-state index is 0.222. The third-order valence-corrected chi connectivity index (χ3v) is 4.00. The van der Waals surface area contributed by atoms with Gasteiger partial charge in [0.1, 0.15) is 5.58 Å². The number of carbonyl (C=O) groups is 1. The van der Waals surface area contributed by atoms with Crippen molar-refractivity contribution < 1.29 is 9.21 Å². The first-order valence-electron chi connectivity index (χ1n) is 7.42. The predicted molar refractivity (Wildman–Crippen MR) is 86.0 cm³/mol. The van der Waals surface area contributed by atoms with Crippen LogP contribution in [-0.2, 0) is 13.0 Å². The van der Waals surface area contributed by atoms with E-state index in [0.717, 1.165) is 36.2 Å². The van der Waals surface area contributed by atoms with E-state index in [4.69, 9.17) is 4.42 Å². The molecule has 4 rings (SSSR count). The van der Waals surface area contributed by atoms with Gasteiger partial charge in [0.25, 0.3) is 5.91 Å². The first-order valence-corrected chi connectivity index (χ1v) is 7.42. The molecule has 0 atom stereocenters. The van der Waals surface area contributed by atoms with Crippen molar-refractivity contribution in [3.63, 3.8) is 0 Å². The van der Waals surface area contributed by atoms with Crippen molar-refractivity contribution in [3.8, 4) is 0 Å². The molecule has 3 aromatic rings. The Labute approximate surface area is 128 Å². The molecule has 2 heterocycles. The van der Waals surface area contributed by atoms with E-state index in [9.17, 15) is 4.79 Å². The van der Waals surface area contributed by atoms with Crippen LogP contribution in [0, 0.1) is 0 Å². The summed E-state index contributed by atoms with van der Waals surface area (Å²) in [4.78, 5) is 12.3. The lowest BCUT2D eigenvalue weighted by molar-refractivity contribution is 0.0998. The second-order valence-electron chi connectivity index (χ2n) is 5.51. The van der Waals surface area contributed by atoms with E-state index in [-0.39, 0.29) is 5.91 Å². The summed E-state index contributed by atoms with van der Waals surface area (Å²) >= 11 is 0. The minimum Gasteiger partial charge on any atom is -0.451 e. The number of nitrogens with one attached hydrogen (secondary N) is 2. The van der Waals surface area contributed by atoms with Gasteiger partial charge in [0, 0.05) is 17.6 Å². The van der Waals surface area contributed by atoms with Gasteiger partial charge in [0.05, 0.1) is 0 Å². The Bertz CT molecular complexity index is 818. The highest BCUT2D eigenvalue weighted by molar-refractivity contribution is 6.04. The molecule has 0 fully saturated rings. The third-order valence-electron chi connectivity index (χ3n) is 4.00. The summed E-state index contributed by atoms with van der Waals surface area (Å²) in [5.41, 5.74) is 4.12. The first kappa shape index (κ1) is 13.1. The normalized spacial score (nSPS) is 13.8. The van der Waals surface area contributed by atoms with Crippen molar-refractivity contribution in [2.24, 2.45) is 0 Å². The van der Waals surface area contributed by atoms with Crippen LogP contribution in [0.5, 0.6) is 0 Å². The topological polar surface area (TPSA) is 54.3 Å². The fourth-order valence-electron chi connectivity index (χ4n) is 2.84. The Hall–Kier alpha value is -2.59. The molecular weight excluding hydrogens is 276 g/mol. The Morgan fingerprint density at radius 1 is 1.09 bits per heavy atom. The molecule has 0 unspecified atom stereocenters. The van der Waals surface area contributed by atoms with Gasteiger partial charge in [0.15, 0.2) is 5.76 Å². The average Bonchev–Trinajstić information content (AvgIpc) is 2.99. The number of amides is 1. The summed E-state index contributed by atoms with van der Waals surface area (Å²) in [5.74, 6) is 0.108. The van der Waals surface area contributed by atoms with Crippen LogP contribution in [-0.4, -0.2) is 12.5 Å². The van der Waals surface area contributed by atoms with Crippen molar-refractivity contribution in [3.05, 3.63) is 65.4 Å². The molecule has 110 valence electrons. The van der Waals surface area contributed by atoms with Gasteiger partial charge in [-0.05, 0) is 48.4 Å². The quantitative estimate of drug-likeness (QED) is 0.761. The van der Waals surface area contributed by atoms with Crippen LogP contribution in [0.1, 0.15) is 21.7 Å². The number of hydrogen-bond acceptors (Lipinski definition) is 3. The predicted octanol–water partition coefficient (Wildman–Crippen LogP) is 3.33. The van der Waals surface area contributed by atoms with E-state index in [2.05, 4.69) is 16.7 Å². The first-order chi connectivity index (χ1) is 10.8. The number of hydrogen-bond donors (Lipinski definition) is 2. The summed E-state index contributed by atoms with van der Waals surface area (Å²) in [6, 6.07) is 15.4. The minimum atomic E-state index is -0.222. The van der Waals surface area contributed by atoms with Gasteiger partial charge in [-0.3, -0.25) is 4.79 Å². The van der Waals surface area contributed by atoms with Gasteiger partial charge in [-0.15, -0.1) is 0 Å². The van der Waals surface area contributed by atoms with Crippen molar-refractivity contribution in [1.29, 1.82) is 0 Å². The molecule has 4 nitrogen and oxygen atoms in total. The molecule has 22 heavy (non-hydrogen) atoms. The lowest BCUT2D eigenvalue weighted by Crippen LogP contribution is -2.23. The van der Waals surface area contributed by atoms with Crippen molar-refractivity contribution in [1.82, 2.24) is 5.32 Å². The summed E-state index contributed by atoms with van der Waals surface area (Å²) in [7, 11) is 0. The zero-order valence-corrected chi connectivity index (χ0v) is 12.1. The van der Waals surface area contributed by atoms with Crippen molar-refractivity contribution in [2.45, 2.75) is 13.0 Å². The Balaban J connectivity index is 1.58. The number of para-hydroxylation sites is 1. The number of anilines is 1. The van der Waals surface area contributed by atoms with E-state index in [1.54, 1.807) is 6.07 Å². The molecular formula is C18H16N2O2. The van der Waals surface area contributed by atoms with Gasteiger partial charge in [0.2, 0.25) is 0 Å². The smallest absolute Gasteiger partial charge is 0.291 e. The van der Waals surface area contributed by atoms with Gasteiger partial charge in [-0.25, -0.2) is 0 Å². The zero-order valence-electron chi connectivity index (χ0n) is 12.1. The van der Waals surface area contributed by atoms with Crippen LogP contribution in [0.3, 0.4) is 0 Å². The maximum absolute atomic E-state index is 12.3. The average molecular weight is 292 g/mol. The lowest BCUT2D eigenvalue weighted by atomic mass is 10.0. The van der Waals surface area contributed by atoms with E-state index >= 15 is 0 Å². The Morgan fingerprint density at radius 2 is 2.00 bits per heavy atom. The van der Waals surface area contributed by atoms with Crippen LogP contribution in [0.4, 0.5) is 5.69 Å². The molecule has 0 saturated carbocycles. The number of fused-ring (bicyclic) bond motifs is 2. The van der Waals surface area contributed by atoms with Crippen LogP contribution in [0.25, 0.3) is 11.0 Å². The van der Waals surface area contributed by atoms with Crippen LogP contribution in [0.2, 0.25) is 0 Å². The van der Waals surface area contributed by atoms with Crippen LogP contribution < -0.4 is 10.6 Å². The number of carbonyl (C=O) groups excluding carboxylic acids is 1. The third kappa shape index (κ3) is 2.38. The molecule has 1 amide bonds. The fraction of sp³-hybridized carbons (Fsp3) is 0.167. The largest absolute Gasteiger partial charge is 0.451 e. The van der Waals surface area contributed by atoms with E-state index in [1.165, 1.54) is 11.1 Å². The molecule has 1 aromatic heterocycles. The molecule has 0 radical (unpaired) electrons. The number of furan rings is 1. The summed E-state index contributed by atoms with van der Waals surface area (Å²) in [6.45, 7) is 1.86. The maximum Gasteiger partial charge on any atom is 0.291 e. The van der Waals surface area contributed by atoms with Crippen LogP contribution in [0.15, 0.2) is 52.9 Å². The highest BCUT2D eigenvalue weighted by atomic mass is 16.3. The molecule has 4 heteroatoms. The van der Waals surface area contributed by atoms with Gasteiger partial charge < -0.3 is 15.1 Å². The molecule has 0 aliphatic carbocycles. The second kappa shape index (κ2) is 5.31. The molecule has 0 saturated heterocycles. The molecule has 1 aliphatic rings. The maximum atomic E-state index is 12.3. The van der Waals surface area contributed by atoms with Gasteiger partial charge in [-0.2, -0.15) is 0 Å². The number of benzene rings is 2. The summed E-state index contributed by atoms with van der Waals surface area (Å²) < 4.78 is 5.59. The Kier molecular flexibility index (Phi) is 3.16. The van der Waals surface area contributed by atoms with Crippen LogP contribution >= 0.6 is 0 Å². The van der Waals surface area contributed by atoms with E-state index < -0.39 is 0 Å². The van der Waals surface area contributed by atoms with Crippen molar-refractivity contribution >= 4 is 22.6 Å². The highest BCUT2D eigenvalue weighted by Gasteiger charge is 2.14. The Morgan fingerprint density at radius 3 is 2.91 bits per heavy atom. The molecule has 0 bridgehead atoms. The highest BCUT2D eigenvalue weighted by Crippen LogP contribution is 2.22. The van der Waals surface area contributed by atoms with Gasteiger partial charge >= 0.3 is 0 Å². The van der Waals surface area contributed by atoms with E-state index in [0.29, 0.717) is 5.76 Å². The molecule has 2 aromatic carbocycles. The van der Waals surface area contributed by atoms with Gasteiger partial charge in [-0.1, -0.05) is 24.3 Å². The molecule has 2 N–H and O–H groups in total. The van der Waals surface area contributed by atoms with E-state index in [1.807, 2.05) is 36.4 Å². The fourth-order valence-corrected chi connectivity index (χ4v) is 2.84. The molecule has 1 aliphatic heterocycles. The number of rotatable bonds is 2. The lowest BCUT2D eigenvalue weighted by Gasteiger charge is -2.17. The van der Waals surface area contributed by atoms with Crippen molar-refractivity contribution in [2.75, 3.05) is 11.9 Å². The second-order valence-corrected chi connectivity index (χ2v) is 5.51. The molecule has 0 spiro atoms. The SMILES string of the molecule is O=C(Nc1ccc2c(c1)CNCC2)c1cc2ccccc2o1. The summed E-state index contributed by atoms with van der Waals surface area (Å²) in [6.07, 6.45) is 1.03. The monoisotopic (exact) mass is 292 g/mol.